The normalized spacial score (nSPS) is 16.3. The molecule has 20 heavy (non-hydrogen) atoms. The Hall–Kier alpha value is -1.88. The Balaban J connectivity index is 2.04. The first kappa shape index (κ1) is 14.5. The number of benzene rings is 1. The van der Waals surface area contributed by atoms with E-state index in [4.69, 9.17) is 4.74 Å². The molecule has 5 heteroatoms. The van der Waals surface area contributed by atoms with Gasteiger partial charge in [-0.15, -0.1) is 0 Å². The number of carboxylic acid groups (broad SMARTS) is 1. The van der Waals surface area contributed by atoms with E-state index in [0.717, 1.165) is 11.1 Å². The summed E-state index contributed by atoms with van der Waals surface area (Å²) in [5.41, 5.74) is 1.73. The van der Waals surface area contributed by atoms with Gasteiger partial charge in [0.25, 0.3) is 5.91 Å². The lowest BCUT2D eigenvalue weighted by atomic mass is 9.87. The van der Waals surface area contributed by atoms with Gasteiger partial charge in [-0.25, -0.2) is 0 Å². The Labute approximate surface area is 117 Å². The highest BCUT2D eigenvalue weighted by Gasteiger charge is 2.31. The van der Waals surface area contributed by atoms with E-state index in [1.54, 1.807) is 19.9 Å². The lowest BCUT2D eigenvalue weighted by Gasteiger charge is -2.23. The summed E-state index contributed by atoms with van der Waals surface area (Å²) >= 11 is 0. The molecule has 5 nitrogen and oxygen atoms in total. The summed E-state index contributed by atoms with van der Waals surface area (Å²) in [6.07, 6.45) is 0.459. The Morgan fingerprint density at radius 3 is 2.70 bits per heavy atom. The van der Waals surface area contributed by atoms with Gasteiger partial charge in [-0.2, -0.15) is 0 Å². The van der Waals surface area contributed by atoms with Crippen LogP contribution in [0.1, 0.15) is 41.8 Å². The molecular weight excluding hydrogens is 258 g/mol. The van der Waals surface area contributed by atoms with E-state index in [0.29, 0.717) is 25.2 Å². The number of nitrogens with one attached hydrogen (secondary N) is 1. The number of amides is 1. The van der Waals surface area contributed by atoms with Crippen LogP contribution < -0.4 is 5.32 Å². The molecule has 1 amide bonds. The van der Waals surface area contributed by atoms with Crippen molar-refractivity contribution >= 4 is 11.9 Å². The molecule has 1 aliphatic rings. The predicted octanol–water partition coefficient (Wildman–Crippen LogP) is 1.95. The number of rotatable bonds is 5. The van der Waals surface area contributed by atoms with Crippen LogP contribution in [0.3, 0.4) is 0 Å². The van der Waals surface area contributed by atoms with Crippen molar-refractivity contribution in [2.24, 2.45) is 5.41 Å². The number of hydrogen-bond acceptors (Lipinski definition) is 3. The van der Waals surface area contributed by atoms with Crippen LogP contribution in [0.2, 0.25) is 0 Å². The topological polar surface area (TPSA) is 75.6 Å². The molecule has 0 saturated heterocycles. The third-order valence-corrected chi connectivity index (χ3v) is 3.92. The molecule has 0 spiro atoms. The highest BCUT2D eigenvalue weighted by atomic mass is 16.5. The summed E-state index contributed by atoms with van der Waals surface area (Å²) in [7, 11) is 0. The lowest BCUT2D eigenvalue weighted by molar-refractivity contribution is -0.147. The maximum absolute atomic E-state index is 12.1. The van der Waals surface area contributed by atoms with Crippen molar-refractivity contribution in [3.05, 3.63) is 34.9 Å². The van der Waals surface area contributed by atoms with Gasteiger partial charge in [0.1, 0.15) is 0 Å². The number of aliphatic carboxylic acids is 1. The van der Waals surface area contributed by atoms with Crippen molar-refractivity contribution in [3.63, 3.8) is 0 Å². The van der Waals surface area contributed by atoms with Gasteiger partial charge in [0, 0.05) is 12.1 Å². The van der Waals surface area contributed by atoms with Crippen molar-refractivity contribution in [2.75, 3.05) is 6.54 Å². The summed E-state index contributed by atoms with van der Waals surface area (Å²) in [6, 6.07) is 5.43. The Morgan fingerprint density at radius 2 is 2.05 bits per heavy atom. The zero-order valence-corrected chi connectivity index (χ0v) is 11.7. The summed E-state index contributed by atoms with van der Waals surface area (Å²) in [4.78, 5) is 23.3. The third kappa shape index (κ3) is 2.82. The van der Waals surface area contributed by atoms with Gasteiger partial charge in [0.05, 0.1) is 18.6 Å². The molecule has 0 radical (unpaired) electrons. The van der Waals surface area contributed by atoms with E-state index in [-0.39, 0.29) is 12.5 Å². The molecule has 1 aliphatic heterocycles. The van der Waals surface area contributed by atoms with E-state index in [1.165, 1.54) is 0 Å². The van der Waals surface area contributed by atoms with E-state index in [9.17, 15) is 14.7 Å². The summed E-state index contributed by atoms with van der Waals surface area (Å²) in [5.74, 6) is -1.15. The zero-order chi connectivity index (χ0) is 14.8. The van der Waals surface area contributed by atoms with Crippen molar-refractivity contribution in [1.82, 2.24) is 5.32 Å². The van der Waals surface area contributed by atoms with Gasteiger partial charge in [-0.1, -0.05) is 13.0 Å². The molecule has 0 aromatic heterocycles. The largest absolute Gasteiger partial charge is 0.481 e. The molecule has 2 N–H and O–H groups in total. The minimum absolute atomic E-state index is 0.116. The lowest BCUT2D eigenvalue weighted by Crippen LogP contribution is -2.40. The highest BCUT2D eigenvalue weighted by molar-refractivity contribution is 5.94. The first-order valence-electron chi connectivity index (χ1n) is 6.67. The van der Waals surface area contributed by atoms with Crippen LogP contribution in [0.25, 0.3) is 0 Å². The van der Waals surface area contributed by atoms with Crippen LogP contribution >= 0.6 is 0 Å². The van der Waals surface area contributed by atoms with Crippen LogP contribution in [0.5, 0.6) is 0 Å². The van der Waals surface area contributed by atoms with Gasteiger partial charge >= 0.3 is 5.97 Å². The second-order valence-corrected chi connectivity index (χ2v) is 5.38. The minimum atomic E-state index is -0.935. The number of hydrogen-bond donors (Lipinski definition) is 2. The Kier molecular flexibility index (Phi) is 4.09. The van der Waals surface area contributed by atoms with E-state index < -0.39 is 11.4 Å². The molecular formula is C15H19NO4. The fraction of sp³-hybridized carbons (Fsp3) is 0.467. The van der Waals surface area contributed by atoms with Crippen LogP contribution in [-0.4, -0.2) is 23.5 Å². The molecule has 0 saturated carbocycles. The second-order valence-electron chi connectivity index (χ2n) is 5.38. The molecule has 0 bridgehead atoms. The van der Waals surface area contributed by atoms with Gasteiger partial charge in [-0.05, 0) is 36.6 Å². The molecule has 2 rings (SSSR count). The molecule has 1 aromatic carbocycles. The SMILES string of the molecule is CCC(C)(CNC(=O)c1ccc2c(c1)COC2)C(=O)O. The maximum atomic E-state index is 12.1. The molecule has 1 heterocycles. The average molecular weight is 277 g/mol. The van der Waals surface area contributed by atoms with Crippen molar-refractivity contribution < 1.29 is 19.4 Å². The van der Waals surface area contributed by atoms with Crippen LogP contribution in [0.4, 0.5) is 0 Å². The summed E-state index contributed by atoms with van der Waals surface area (Å²) in [5, 5.41) is 11.9. The van der Waals surface area contributed by atoms with Crippen molar-refractivity contribution in [2.45, 2.75) is 33.5 Å². The molecule has 0 aliphatic carbocycles. The van der Waals surface area contributed by atoms with Crippen LogP contribution in [0, 0.1) is 5.41 Å². The fourth-order valence-electron chi connectivity index (χ4n) is 2.04. The molecule has 1 atom stereocenters. The first-order valence-corrected chi connectivity index (χ1v) is 6.67. The number of ether oxygens (including phenoxy) is 1. The van der Waals surface area contributed by atoms with Gasteiger partial charge < -0.3 is 15.2 Å². The van der Waals surface area contributed by atoms with Gasteiger partial charge in [0.2, 0.25) is 0 Å². The smallest absolute Gasteiger partial charge is 0.311 e. The highest BCUT2D eigenvalue weighted by Crippen LogP contribution is 2.22. The predicted molar refractivity (Wildman–Crippen MR) is 73.3 cm³/mol. The quantitative estimate of drug-likeness (QED) is 0.862. The summed E-state index contributed by atoms with van der Waals surface area (Å²) in [6.45, 7) is 4.66. The van der Waals surface area contributed by atoms with E-state index in [2.05, 4.69) is 5.32 Å². The average Bonchev–Trinajstić information content (AvgIpc) is 2.91. The third-order valence-electron chi connectivity index (χ3n) is 3.92. The number of carbonyl (C=O) groups excluding carboxylic acids is 1. The monoisotopic (exact) mass is 277 g/mol. The minimum Gasteiger partial charge on any atom is -0.481 e. The second kappa shape index (κ2) is 5.63. The maximum Gasteiger partial charge on any atom is 0.311 e. The number of carboxylic acids is 1. The Morgan fingerprint density at radius 1 is 1.35 bits per heavy atom. The molecule has 1 aromatic rings. The summed E-state index contributed by atoms with van der Waals surface area (Å²) < 4.78 is 5.30. The van der Waals surface area contributed by atoms with Crippen LogP contribution in [0.15, 0.2) is 18.2 Å². The van der Waals surface area contributed by atoms with Crippen LogP contribution in [-0.2, 0) is 22.7 Å². The fourth-order valence-corrected chi connectivity index (χ4v) is 2.04. The number of fused-ring (bicyclic) bond motifs is 1. The van der Waals surface area contributed by atoms with Crippen molar-refractivity contribution in [3.8, 4) is 0 Å². The Bertz CT molecular complexity index is 541. The number of carbonyl (C=O) groups is 2. The van der Waals surface area contributed by atoms with Gasteiger partial charge in [-0.3, -0.25) is 9.59 Å². The first-order chi connectivity index (χ1) is 9.46. The zero-order valence-electron chi connectivity index (χ0n) is 11.7. The van der Waals surface area contributed by atoms with Gasteiger partial charge in [0.15, 0.2) is 0 Å². The molecule has 0 fully saturated rings. The molecule has 108 valence electrons. The standard InChI is InChI=1S/C15H19NO4/c1-3-15(2,14(18)19)9-16-13(17)10-4-5-11-7-20-8-12(11)6-10/h4-6H,3,7-9H2,1-2H3,(H,16,17)(H,18,19). The van der Waals surface area contributed by atoms with E-state index >= 15 is 0 Å². The molecule has 1 unspecified atom stereocenters. The van der Waals surface area contributed by atoms with Crippen molar-refractivity contribution in [1.29, 1.82) is 0 Å². The van der Waals surface area contributed by atoms with E-state index in [1.807, 2.05) is 12.1 Å².